The van der Waals surface area contributed by atoms with Crippen LogP contribution in [0.1, 0.15) is 37.5 Å². The Bertz CT molecular complexity index is 589. The van der Waals surface area contributed by atoms with Crippen molar-refractivity contribution in [2.24, 2.45) is 0 Å². The maximum Gasteiger partial charge on any atom is 0.490 e. The summed E-state index contributed by atoms with van der Waals surface area (Å²) in [5.74, 6) is -3.05. The van der Waals surface area contributed by atoms with E-state index in [2.05, 4.69) is 5.32 Å². The van der Waals surface area contributed by atoms with Gasteiger partial charge < -0.3 is 25.7 Å². The molecule has 2 rings (SSSR count). The second kappa shape index (κ2) is 7.71. The number of phenols is 2. The fourth-order valence-corrected chi connectivity index (χ4v) is 2.42. The number of aliphatic hydroxyl groups excluding tert-OH is 1. The summed E-state index contributed by atoms with van der Waals surface area (Å²) >= 11 is 0. The Labute approximate surface area is 136 Å². The molecule has 0 heterocycles. The van der Waals surface area contributed by atoms with Crippen molar-refractivity contribution in [1.29, 1.82) is 0 Å². The van der Waals surface area contributed by atoms with Crippen molar-refractivity contribution in [2.75, 3.05) is 0 Å². The number of phenolic OH excluding ortho intramolecular Hbond substituents is 2. The molecule has 1 aromatic carbocycles. The smallest absolute Gasteiger partial charge is 0.490 e. The molecule has 1 aromatic rings. The summed E-state index contributed by atoms with van der Waals surface area (Å²) in [5.41, 5.74) is 1.62. The first-order valence-corrected chi connectivity index (χ1v) is 7.22. The van der Waals surface area contributed by atoms with Gasteiger partial charge in [0.05, 0.1) is 6.10 Å². The van der Waals surface area contributed by atoms with Crippen LogP contribution in [0.25, 0.3) is 0 Å². The summed E-state index contributed by atoms with van der Waals surface area (Å²) < 4.78 is 31.7. The molecule has 6 nitrogen and oxygen atoms in total. The molecule has 1 aliphatic rings. The third kappa shape index (κ3) is 5.27. The van der Waals surface area contributed by atoms with Crippen LogP contribution in [0.5, 0.6) is 11.5 Å². The first kappa shape index (κ1) is 20.0. The first-order chi connectivity index (χ1) is 10.9. The SMILES string of the molecule is CC(C)N[C@H]1CCc2cc(O)c(O)cc2[C@H]1O.O=C(O)C(F)(F)F. The van der Waals surface area contributed by atoms with E-state index in [-0.39, 0.29) is 17.5 Å². The Morgan fingerprint density at radius 3 is 2.21 bits per heavy atom. The van der Waals surface area contributed by atoms with Crippen molar-refractivity contribution in [3.05, 3.63) is 23.3 Å². The molecule has 0 bridgehead atoms. The van der Waals surface area contributed by atoms with Gasteiger partial charge in [-0.25, -0.2) is 4.79 Å². The molecule has 0 spiro atoms. The lowest BCUT2D eigenvalue weighted by atomic mass is 9.85. The normalized spacial score (nSPS) is 20.1. The summed E-state index contributed by atoms with van der Waals surface area (Å²) in [7, 11) is 0. The van der Waals surface area contributed by atoms with E-state index in [0.29, 0.717) is 11.6 Å². The predicted octanol–water partition coefficient (Wildman–Crippen LogP) is 2.08. The minimum atomic E-state index is -5.08. The molecule has 0 unspecified atom stereocenters. The molecule has 136 valence electrons. The zero-order valence-electron chi connectivity index (χ0n) is 13.1. The summed E-state index contributed by atoms with van der Waals surface area (Å²) in [6.45, 7) is 4.08. The molecule has 2 atom stereocenters. The first-order valence-electron chi connectivity index (χ1n) is 7.22. The van der Waals surface area contributed by atoms with Gasteiger partial charge in [0, 0.05) is 12.1 Å². The van der Waals surface area contributed by atoms with Gasteiger partial charge in [-0.15, -0.1) is 0 Å². The Morgan fingerprint density at radius 1 is 1.25 bits per heavy atom. The van der Waals surface area contributed by atoms with E-state index in [1.807, 2.05) is 13.8 Å². The molecule has 0 aromatic heterocycles. The average Bonchev–Trinajstić information content (AvgIpc) is 2.44. The number of fused-ring (bicyclic) bond motifs is 1. The van der Waals surface area contributed by atoms with Gasteiger partial charge in [-0.1, -0.05) is 13.8 Å². The zero-order chi connectivity index (χ0) is 18.7. The standard InChI is InChI=1S/C13H19NO3.C2HF3O2/c1-7(2)14-10-4-3-8-5-11(15)12(16)6-9(8)13(10)17;3-2(4,5)1(6)7/h5-7,10,13-17H,3-4H2,1-2H3;(H,6,7)/t10-,13+;/m0./s1. The van der Waals surface area contributed by atoms with Crippen LogP contribution in [0.4, 0.5) is 13.2 Å². The minimum absolute atomic E-state index is 0.00597. The van der Waals surface area contributed by atoms with E-state index < -0.39 is 18.2 Å². The number of hydrogen-bond donors (Lipinski definition) is 5. The molecule has 9 heteroatoms. The number of hydrogen-bond acceptors (Lipinski definition) is 5. The van der Waals surface area contributed by atoms with Gasteiger partial charge in [-0.3, -0.25) is 0 Å². The van der Waals surface area contributed by atoms with Gasteiger partial charge in [0.15, 0.2) is 11.5 Å². The number of nitrogens with one attached hydrogen (secondary N) is 1. The number of carbonyl (C=O) groups is 1. The largest absolute Gasteiger partial charge is 0.504 e. The van der Waals surface area contributed by atoms with Crippen LogP contribution in [0, 0.1) is 0 Å². The van der Waals surface area contributed by atoms with E-state index >= 15 is 0 Å². The number of aliphatic hydroxyl groups is 1. The average molecular weight is 351 g/mol. The molecular weight excluding hydrogens is 331 g/mol. The quantitative estimate of drug-likeness (QED) is 0.522. The number of aliphatic carboxylic acids is 1. The highest BCUT2D eigenvalue weighted by atomic mass is 19.4. The number of aryl methyl sites for hydroxylation is 1. The highest BCUT2D eigenvalue weighted by Crippen LogP contribution is 2.37. The van der Waals surface area contributed by atoms with Crippen LogP contribution in [-0.2, 0) is 11.2 Å². The van der Waals surface area contributed by atoms with Crippen LogP contribution < -0.4 is 5.32 Å². The van der Waals surface area contributed by atoms with Crippen molar-refractivity contribution >= 4 is 5.97 Å². The van der Waals surface area contributed by atoms with Crippen molar-refractivity contribution in [3.63, 3.8) is 0 Å². The van der Waals surface area contributed by atoms with Crippen LogP contribution in [0.3, 0.4) is 0 Å². The Hall–Kier alpha value is -2.00. The molecule has 24 heavy (non-hydrogen) atoms. The molecule has 0 fully saturated rings. The number of halogens is 3. The molecule has 0 radical (unpaired) electrons. The molecule has 5 N–H and O–H groups in total. The summed E-state index contributed by atoms with van der Waals surface area (Å²) in [5, 5.41) is 39.6. The molecule has 0 saturated heterocycles. The van der Waals surface area contributed by atoms with Gasteiger partial charge in [0.1, 0.15) is 0 Å². The lowest BCUT2D eigenvalue weighted by molar-refractivity contribution is -0.192. The lowest BCUT2D eigenvalue weighted by Crippen LogP contribution is -2.41. The van der Waals surface area contributed by atoms with E-state index in [0.717, 1.165) is 18.4 Å². The number of alkyl halides is 3. The maximum absolute atomic E-state index is 10.6. The van der Waals surface area contributed by atoms with Crippen molar-refractivity contribution in [3.8, 4) is 11.5 Å². The number of rotatable bonds is 2. The molecule has 0 amide bonds. The van der Waals surface area contributed by atoms with Gasteiger partial charge >= 0.3 is 12.1 Å². The van der Waals surface area contributed by atoms with Gasteiger partial charge in [0.25, 0.3) is 0 Å². The highest BCUT2D eigenvalue weighted by Gasteiger charge is 2.38. The number of carboxylic acid groups (broad SMARTS) is 1. The van der Waals surface area contributed by atoms with Gasteiger partial charge in [-0.05, 0) is 36.1 Å². The third-order valence-corrected chi connectivity index (χ3v) is 3.45. The fraction of sp³-hybridized carbons (Fsp3) is 0.533. The maximum atomic E-state index is 10.6. The summed E-state index contributed by atoms with van der Waals surface area (Å²) in [6, 6.07) is 3.32. The Morgan fingerprint density at radius 2 is 1.75 bits per heavy atom. The molecule has 0 saturated carbocycles. The predicted molar refractivity (Wildman–Crippen MR) is 78.8 cm³/mol. The van der Waals surface area contributed by atoms with Gasteiger partial charge in [0.2, 0.25) is 0 Å². The Kier molecular flexibility index (Phi) is 6.44. The molecule has 0 aliphatic heterocycles. The van der Waals surface area contributed by atoms with Crippen LogP contribution in [-0.4, -0.2) is 44.7 Å². The molecular formula is C15H20F3NO5. The van der Waals surface area contributed by atoms with Crippen molar-refractivity contribution in [2.45, 2.75) is 51.1 Å². The van der Waals surface area contributed by atoms with E-state index in [9.17, 15) is 28.5 Å². The topological polar surface area (TPSA) is 110 Å². The van der Waals surface area contributed by atoms with E-state index in [4.69, 9.17) is 9.90 Å². The molecule has 1 aliphatic carbocycles. The highest BCUT2D eigenvalue weighted by molar-refractivity contribution is 5.73. The van der Waals surface area contributed by atoms with Crippen LogP contribution >= 0.6 is 0 Å². The Balaban J connectivity index is 0.000000351. The second-order valence-electron chi connectivity index (χ2n) is 5.75. The van der Waals surface area contributed by atoms with Crippen LogP contribution in [0.2, 0.25) is 0 Å². The van der Waals surface area contributed by atoms with Gasteiger partial charge in [-0.2, -0.15) is 13.2 Å². The van der Waals surface area contributed by atoms with Crippen LogP contribution in [0.15, 0.2) is 12.1 Å². The van der Waals surface area contributed by atoms with E-state index in [1.54, 1.807) is 6.07 Å². The van der Waals surface area contributed by atoms with E-state index in [1.165, 1.54) is 6.07 Å². The summed E-state index contributed by atoms with van der Waals surface area (Å²) in [6.07, 6.45) is -4.09. The minimum Gasteiger partial charge on any atom is -0.504 e. The third-order valence-electron chi connectivity index (χ3n) is 3.45. The monoisotopic (exact) mass is 351 g/mol. The number of carboxylic acids is 1. The number of aromatic hydroxyl groups is 2. The number of benzene rings is 1. The summed E-state index contributed by atoms with van der Waals surface area (Å²) in [4.78, 5) is 8.90. The fourth-order valence-electron chi connectivity index (χ4n) is 2.42. The lowest BCUT2D eigenvalue weighted by Gasteiger charge is -2.32. The zero-order valence-corrected chi connectivity index (χ0v) is 13.1. The van der Waals surface area contributed by atoms with Crippen molar-refractivity contribution < 1.29 is 38.4 Å². The van der Waals surface area contributed by atoms with Crippen molar-refractivity contribution in [1.82, 2.24) is 5.32 Å². The second-order valence-corrected chi connectivity index (χ2v) is 5.75.